The van der Waals surface area contributed by atoms with Crippen LogP contribution in [0.1, 0.15) is 27.9 Å². The van der Waals surface area contributed by atoms with Gasteiger partial charge in [0.25, 0.3) is 5.91 Å². The summed E-state index contributed by atoms with van der Waals surface area (Å²) in [4.78, 5) is 17.2. The van der Waals surface area contributed by atoms with Gasteiger partial charge in [-0.3, -0.25) is 9.10 Å². The number of anilines is 1. The summed E-state index contributed by atoms with van der Waals surface area (Å²) < 4.78 is 26.1. The molecule has 7 nitrogen and oxygen atoms in total. The van der Waals surface area contributed by atoms with Crippen molar-refractivity contribution < 1.29 is 13.2 Å². The van der Waals surface area contributed by atoms with E-state index in [2.05, 4.69) is 22.2 Å². The van der Waals surface area contributed by atoms with Crippen LogP contribution in [0.25, 0.3) is 0 Å². The summed E-state index contributed by atoms with van der Waals surface area (Å²) in [6, 6.07) is 14.5. The molecule has 0 radical (unpaired) electrons. The third-order valence-corrected chi connectivity index (χ3v) is 6.94. The Morgan fingerprint density at radius 3 is 2.22 bits per heavy atom. The molecule has 1 saturated heterocycles. The highest BCUT2D eigenvalue weighted by Gasteiger charge is 2.18. The van der Waals surface area contributed by atoms with Gasteiger partial charge in [0, 0.05) is 38.3 Å². The summed E-state index contributed by atoms with van der Waals surface area (Å²) in [5.41, 5.74) is 3.10. The lowest BCUT2D eigenvalue weighted by Gasteiger charge is -2.32. The molecule has 1 aliphatic rings. The molecule has 1 heterocycles. The molecule has 1 N–H and O–H groups in total. The molecule has 2 aromatic carbocycles. The lowest BCUT2D eigenvalue weighted by Crippen LogP contribution is -2.45. The number of nitrogens with one attached hydrogen (secondary N) is 1. The van der Waals surface area contributed by atoms with Gasteiger partial charge in [0.1, 0.15) is 0 Å². The van der Waals surface area contributed by atoms with Gasteiger partial charge in [-0.15, -0.1) is 0 Å². The van der Waals surface area contributed by atoms with Crippen LogP contribution in [0.4, 0.5) is 5.69 Å². The number of hydrogen-bond acceptors (Lipinski definition) is 5. The summed E-state index contributed by atoms with van der Waals surface area (Å²) in [6.45, 7) is 8.17. The number of benzene rings is 2. The minimum Gasteiger partial charge on any atom is -0.352 e. The van der Waals surface area contributed by atoms with E-state index in [-0.39, 0.29) is 12.5 Å². The van der Waals surface area contributed by atoms with E-state index in [1.165, 1.54) is 10.6 Å². The number of likely N-dealkylation sites (N-methyl/N-ethyl adjacent to an activating group) is 1. The average molecular weight is 459 g/mol. The van der Waals surface area contributed by atoms with Crippen molar-refractivity contribution in [3.63, 3.8) is 0 Å². The van der Waals surface area contributed by atoms with E-state index >= 15 is 0 Å². The molecule has 0 saturated carbocycles. The molecule has 0 bridgehead atoms. The van der Waals surface area contributed by atoms with Crippen LogP contribution in [0.2, 0.25) is 0 Å². The van der Waals surface area contributed by atoms with E-state index in [4.69, 9.17) is 0 Å². The van der Waals surface area contributed by atoms with E-state index in [0.717, 1.165) is 50.3 Å². The van der Waals surface area contributed by atoms with Crippen LogP contribution in [0, 0.1) is 6.92 Å². The summed E-state index contributed by atoms with van der Waals surface area (Å²) in [5.74, 6) is -0.139. The third-order valence-electron chi connectivity index (χ3n) is 5.80. The first-order chi connectivity index (χ1) is 15.2. The summed E-state index contributed by atoms with van der Waals surface area (Å²) in [5, 5.41) is 2.96. The van der Waals surface area contributed by atoms with Crippen molar-refractivity contribution in [3.8, 4) is 0 Å². The van der Waals surface area contributed by atoms with E-state index in [9.17, 15) is 13.2 Å². The van der Waals surface area contributed by atoms with Crippen LogP contribution in [0.3, 0.4) is 0 Å². The van der Waals surface area contributed by atoms with Gasteiger partial charge in [0.05, 0.1) is 18.5 Å². The number of carbonyl (C=O) groups is 1. The van der Waals surface area contributed by atoms with Crippen molar-refractivity contribution in [3.05, 3.63) is 65.2 Å². The van der Waals surface area contributed by atoms with Gasteiger partial charge in [-0.1, -0.05) is 29.8 Å². The normalized spacial score (nSPS) is 15.5. The first-order valence-corrected chi connectivity index (χ1v) is 12.9. The minimum absolute atomic E-state index is 0.139. The zero-order valence-electron chi connectivity index (χ0n) is 19.3. The van der Waals surface area contributed by atoms with Gasteiger partial charge in [-0.2, -0.15) is 0 Å². The Bertz CT molecular complexity index is 983. The molecule has 174 valence electrons. The SMILES string of the molecule is Cc1ccc(CN(c2ccc(C(=O)NCCCN3CCN(C)CC3)cc2)S(C)(=O)=O)cc1. The van der Waals surface area contributed by atoms with Crippen molar-refractivity contribution in [2.75, 3.05) is 56.9 Å². The van der Waals surface area contributed by atoms with Gasteiger partial charge in [-0.25, -0.2) is 8.42 Å². The fourth-order valence-electron chi connectivity index (χ4n) is 3.72. The minimum atomic E-state index is -3.47. The molecule has 2 aromatic rings. The lowest BCUT2D eigenvalue weighted by atomic mass is 10.1. The van der Waals surface area contributed by atoms with Crippen LogP contribution in [-0.4, -0.2) is 76.7 Å². The van der Waals surface area contributed by atoms with Crippen LogP contribution >= 0.6 is 0 Å². The Balaban J connectivity index is 1.54. The molecule has 0 spiro atoms. The van der Waals surface area contributed by atoms with E-state index in [1.54, 1.807) is 24.3 Å². The van der Waals surface area contributed by atoms with E-state index < -0.39 is 10.0 Å². The van der Waals surface area contributed by atoms with Crippen molar-refractivity contribution >= 4 is 21.6 Å². The van der Waals surface area contributed by atoms with E-state index in [0.29, 0.717) is 17.8 Å². The smallest absolute Gasteiger partial charge is 0.251 e. The topological polar surface area (TPSA) is 73.0 Å². The van der Waals surface area contributed by atoms with Crippen LogP contribution in [0.15, 0.2) is 48.5 Å². The fraction of sp³-hybridized carbons (Fsp3) is 0.458. The molecule has 1 fully saturated rings. The van der Waals surface area contributed by atoms with Gasteiger partial charge < -0.3 is 15.1 Å². The molecule has 1 aliphatic heterocycles. The van der Waals surface area contributed by atoms with Crippen LogP contribution in [-0.2, 0) is 16.6 Å². The van der Waals surface area contributed by atoms with E-state index in [1.807, 2.05) is 31.2 Å². The molecular formula is C24H34N4O3S. The standard InChI is InChI=1S/C24H34N4O3S/c1-20-5-7-21(8-6-20)19-28(32(3,30)31)23-11-9-22(10-12-23)24(29)25-13-4-14-27-17-15-26(2)16-18-27/h5-12H,4,13-19H2,1-3H3,(H,25,29). The maximum atomic E-state index is 12.5. The highest BCUT2D eigenvalue weighted by molar-refractivity contribution is 7.92. The first kappa shape index (κ1) is 24.2. The maximum absolute atomic E-state index is 12.5. The fourth-order valence-corrected chi connectivity index (χ4v) is 4.60. The Hall–Kier alpha value is -2.42. The Kier molecular flexibility index (Phi) is 8.28. The maximum Gasteiger partial charge on any atom is 0.251 e. The Labute approximate surface area is 192 Å². The number of hydrogen-bond donors (Lipinski definition) is 1. The number of nitrogens with zero attached hydrogens (tertiary/aromatic N) is 3. The molecule has 8 heteroatoms. The van der Waals surface area contributed by atoms with Crippen molar-refractivity contribution in [1.82, 2.24) is 15.1 Å². The number of carbonyl (C=O) groups excluding carboxylic acids is 1. The highest BCUT2D eigenvalue weighted by atomic mass is 32.2. The van der Waals surface area contributed by atoms with Crippen molar-refractivity contribution in [2.24, 2.45) is 0 Å². The van der Waals surface area contributed by atoms with Crippen LogP contribution in [0.5, 0.6) is 0 Å². The predicted octanol–water partition coefficient (Wildman–Crippen LogP) is 2.33. The Morgan fingerprint density at radius 2 is 1.62 bits per heavy atom. The van der Waals surface area contributed by atoms with Gasteiger partial charge in [-0.05, 0) is 56.8 Å². The third kappa shape index (κ3) is 7.05. The zero-order valence-corrected chi connectivity index (χ0v) is 20.1. The molecule has 1 amide bonds. The summed E-state index contributed by atoms with van der Waals surface area (Å²) in [6.07, 6.45) is 2.11. The highest BCUT2D eigenvalue weighted by Crippen LogP contribution is 2.21. The summed E-state index contributed by atoms with van der Waals surface area (Å²) >= 11 is 0. The quantitative estimate of drug-likeness (QED) is 0.584. The molecular weight excluding hydrogens is 424 g/mol. The predicted molar refractivity (Wildman–Crippen MR) is 130 cm³/mol. The number of aryl methyl sites for hydroxylation is 1. The second kappa shape index (κ2) is 10.9. The number of amides is 1. The number of rotatable bonds is 9. The summed E-state index contributed by atoms with van der Waals surface area (Å²) in [7, 11) is -1.33. The molecule has 32 heavy (non-hydrogen) atoms. The zero-order chi connectivity index (χ0) is 23.1. The molecule has 0 aliphatic carbocycles. The second-order valence-corrected chi connectivity index (χ2v) is 10.5. The monoisotopic (exact) mass is 458 g/mol. The molecule has 0 aromatic heterocycles. The lowest BCUT2D eigenvalue weighted by molar-refractivity contribution is 0.0949. The van der Waals surface area contributed by atoms with Crippen molar-refractivity contribution in [1.29, 1.82) is 0 Å². The van der Waals surface area contributed by atoms with Gasteiger partial charge >= 0.3 is 0 Å². The average Bonchev–Trinajstić information content (AvgIpc) is 2.77. The van der Waals surface area contributed by atoms with Gasteiger partial charge in [0.2, 0.25) is 10.0 Å². The number of sulfonamides is 1. The largest absolute Gasteiger partial charge is 0.352 e. The van der Waals surface area contributed by atoms with Crippen molar-refractivity contribution in [2.45, 2.75) is 19.9 Å². The Morgan fingerprint density at radius 1 is 1.00 bits per heavy atom. The number of piperazine rings is 1. The second-order valence-electron chi connectivity index (χ2n) is 8.56. The molecule has 3 rings (SSSR count). The first-order valence-electron chi connectivity index (χ1n) is 11.0. The molecule has 0 unspecified atom stereocenters. The van der Waals surface area contributed by atoms with Crippen LogP contribution < -0.4 is 9.62 Å². The molecule has 0 atom stereocenters. The van der Waals surface area contributed by atoms with Gasteiger partial charge in [0.15, 0.2) is 0 Å².